The van der Waals surface area contributed by atoms with Crippen LogP contribution in [0.2, 0.25) is 0 Å². The molecule has 0 spiro atoms. The first-order valence-corrected chi connectivity index (χ1v) is 4.49. The van der Waals surface area contributed by atoms with E-state index in [1.807, 2.05) is 11.9 Å². The average Bonchev–Trinajstić information content (AvgIpc) is 2.03. The van der Waals surface area contributed by atoms with Gasteiger partial charge in [-0.2, -0.15) is 0 Å². The predicted molar refractivity (Wildman–Crippen MR) is 55.2 cm³/mol. The van der Waals surface area contributed by atoms with Crippen molar-refractivity contribution >= 4 is 5.69 Å². The summed E-state index contributed by atoms with van der Waals surface area (Å²) in [5.41, 5.74) is 3.54. The molecule has 0 unspecified atom stereocenters. The van der Waals surface area contributed by atoms with Crippen LogP contribution in [0.25, 0.3) is 0 Å². The molecule has 0 radical (unpaired) electrons. The van der Waals surface area contributed by atoms with E-state index in [-0.39, 0.29) is 6.67 Å². The maximum Gasteiger partial charge on any atom is 0.107 e. The lowest BCUT2D eigenvalue weighted by Gasteiger charge is -2.18. The van der Waals surface area contributed by atoms with E-state index in [2.05, 4.69) is 32.0 Å². The third-order valence-corrected chi connectivity index (χ3v) is 2.07. The number of hydrogen-bond donors (Lipinski definition) is 0. The van der Waals surface area contributed by atoms with Crippen LogP contribution in [0.5, 0.6) is 0 Å². The Bertz CT molecular complexity index is 263. The van der Waals surface area contributed by atoms with Crippen molar-refractivity contribution in [3.05, 3.63) is 29.3 Å². The summed E-state index contributed by atoms with van der Waals surface area (Å²) in [5.74, 6) is 0. The number of alkyl halides is 1. The van der Waals surface area contributed by atoms with Gasteiger partial charge in [0.2, 0.25) is 0 Å². The lowest BCUT2D eigenvalue weighted by atomic mass is 10.1. The van der Waals surface area contributed by atoms with Crippen molar-refractivity contribution in [3.63, 3.8) is 0 Å². The van der Waals surface area contributed by atoms with Crippen LogP contribution < -0.4 is 4.90 Å². The Balaban J connectivity index is 2.87. The van der Waals surface area contributed by atoms with E-state index < -0.39 is 0 Å². The zero-order valence-electron chi connectivity index (χ0n) is 8.47. The van der Waals surface area contributed by atoms with E-state index >= 15 is 0 Å². The standard InChI is InChI=1S/C11H16FN/c1-9-6-10(2)8-11(7-9)13(3)5-4-12/h6-8H,4-5H2,1-3H3. The van der Waals surface area contributed by atoms with Crippen molar-refractivity contribution in [2.45, 2.75) is 13.8 Å². The minimum Gasteiger partial charge on any atom is -0.372 e. The number of benzene rings is 1. The van der Waals surface area contributed by atoms with Crippen LogP contribution >= 0.6 is 0 Å². The fourth-order valence-electron chi connectivity index (χ4n) is 1.43. The smallest absolute Gasteiger partial charge is 0.107 e. The van der Waals surface area contributed by atoms with Gasteiger partial charge in [-0.25, -0.2) is 4.39 Å². The van der Waals surface area contributed by atoms with E-state index in [9.17, 15) is 4.39 Å². The Labute approximate surface area is 79.2 Å². The Morgan fingerprint density at radius 1 is 1.15 bits per heavy atom. The minimum atomic E-state index is -0.302. The summed E-state index contributed by atoms with van der Waals surface area (Å²) in [7, 11) is 1.91. The first kappa shape index (κ1) is 10.0. The van der Waals surface area contributed by atoms with Gasteiger partial charge in [-0.3, -0.25) is 0 Å². The molecule has 0 aliphatic rings. The molecular formula is C11H16FN. The largest absolute Gasteiger partial charge is 0.372 e. The molecule has 0 aliphatic carbocycles. The maximum atomic E-state index is 12.1. The molecule has 0 aliphatic heterocycles. The molecule has 0 N–H and O–H groups in total. The molecule has 1 rings (SSSR count). The molecule has 1 nitrogen and oxygen atoms in total. The first-order valence-electron chi connectivity index (χ1n) is 4.49. The molecular weight excluding hydrogens is 165 g/mol. The monoisotopic (exact) mass is 181 g/mol. The molecule has 0 aromatic heterocycles. The van der Waals surface area contributed by atoms with Crippen molar-refractivity contribution in [1.82, 2.24) is 0 Å². The summed E-state index contributed by atoms with van der Waals surface area (Å²) in [5, 5.41) is 0. The topological polar surface area (TPSA) is 3.24 Å². The van der Waals surface area contributed by atoms with E-state index in [4.69, 9.17) is 0 Å². The highest BCUT2D eigenvalue weighted by Crippen LogP contribution is 2.16. The number of hydrogen-bond acceptors (Lipinski definition) is 1. The van der Waals surface area contributed by atoms with E-state index in [0.29, 0.717) is 6.54 Å². The summed E-state index contributed by atoms with van der Waals surface area (Å²) in [6.07, 6.45) is 0. The molecule has 2 heteroatoms. The Kier molecular flexibility index (Phi) is 3.29. The van der Waals surface area contributed by atoms with Crippen LogP contribution in [0.1, 0.15) is 11.1 Å². The first-order chi connectivity index (χ1) is 6.13. The second-order valence-electron chi connectivity index (χ2n) is 3.46. The molecule has 13 heavy (non-hydrogen) atoms. The van der Waals surface area contributed by atoms with Crippen molar-refractivity contribution in [1.29, 1.82) is 0 Å². The summed E-state index contributed by atoms with van der Waals surface area (Å²) >= 11 is 0. The van der Waals surface area contributed by atoms with E-state index in [1.165, 1.54) is 11.1 Å². The van der Waals surface area contributed by atoms with Gasteiger partial charge in [0.05, 0.1) is 0 Å². The summed E-state index contributed by atoms with van der Waals surface area (Å²) in [6.45, 7) is 4.27. The molecule has 0 saturated carbocycles. The predicted octanol–water partition coefficient (Wildman–Crippen LogP) is 2.71. The van der Waals surface area contributed by atoms with Crippen molar-refractivity contribution in [2.75, 3.05) is 25.2 Å². The van der Waals surface area contributed by atoms with Crippen molar-refractivity contribution < 1.29 is 4.39 Å². The molecule has 1 aromatic rings. The quantitative estimate of drug-likeness (QED) is 0.693. The van der Waals surface area contributed by atoms with Crippen LogP contribution in [-0.4, -0.2) is 20.3 Å². The third-order valence-electron chi connectivity index (χ3n) is 2.07. The number of halogens is 1. The average molecular weight is 181 g/mol. The lowest BCUT2D eigenvalue weighted by Crippen LogP contribution is -2.19. The number of nitrogens with zero attached hydrogens (tertiary/aromatic N) is 1. The van der Waals surface area contributed by atoms with Gasteiger partial charge in [0, 0.05) is 19.3 Å². The zero-order valence-corrected chi connectivity index (χ0v) is 8.47. The number of rotatable bonds is 3. The SMILES string of the molecule is Cc1cc(C)cc(N(C)CCF)c1. The van der Waals surface area contributed by atoms with Crippen LogP contribution in [0.15, 0.2) is 18.2 Å². The second-order valence-corrected chi connectivity index (χ2v) is 3.46. The molecule has 0 heterocycles. The normalized spacial score (nSPS) is 10.2. The highest BCUT2D eigenvalue weighted by molar-refractivity contribution is 5.50. The highest BCUT2D eigenvalue weighted by atomic mass is 19.1. The van der Waals surface area contributed by atoms with Crippen LogP contribution in [0.4, 0.5) is 10.1 Å². The van der Waals surface area contributed by atoms with Gasteiger partial charge in [0.1, 0.15) is 6.67 Å². The molecule has 0 fully saturated rings. The Morgan fingerprint density at radius 3 is 2.15 bits per heavy atom. The summed E-state index contributed by atoms with van der Waals surface area (Å²) in [4.78, 5) is 1.93. The van der Waals surface area contributed by atoms with Gasteiger partial charge in [-0.1, -0.05) is 6.07 Å². The van der Waals surface area contributed by atoms with Crippen LogP contribution in [0.3, 0.4) is 0 Å². The van der Waals surface area contributed by atoms with Gasteiger partial charge < -0.3 is 4.90 Å². The molecule has 0 atom stereocenters. The number of aryl methyl sites for hydroxylation is 2. The number of anilines is 1. The minimum absolute atomic E-state index is 0.302. The maximum absolute atomic E-state index is 12.1. The van der Waals surface area contributed by atoms with Crippen molar-refractivity contribution in [3.8, 4) is 0 Å². The highest BCUT2D eigenvalue weighted by Gasteiger charge is 2.01. The fraction of sp³-hybridized carbons (Fsp3) is 0.455. The van der Waals surface area contributed by atoms with Gasteiger partial charge >= 0.3 is 0 Å². The Hall–Kier alpha value is -1.05. The van der Waals surface area contributed by atoms with Crippen LogP contribution in [-0.2, 0) is 0 Å². The zero-order chi connectivity index (χ0) is 9.84. The van der Waals surface area contributed by atoms with Crippen molar-refractivity contribution in [2.24, 2.45) is 0 Å². The third kappa shape index (κ3) is 2.72. The Morgan fingerprint density at radius 2 is 1.69 bits per heavy atom. The van der Waals surface area contributed by atoms with Gasteiger partial charge in [0.15, 0.2) is 0 Å². The molecule has 0 bridgehead atoms. The summed E-state index contributed by atoms with van der Waals surface area (Å²) < 4.78 is 12.1. The van der Waals surface area contributed by atoms with E-state index in [0.717, 1.165) is 5.69 Å². The lowest BCUT2D eigenvalue weighted by molar-refractivity contribution is 0.497. The molecule has 0 amide bonds. The van der Waals surface area contributed by atoms with Gasteiger partial charge in [-0.05, 0) is 37.1 Å². The molecule has 0 saturated heterocycles. The molecule has 1 aromatic carbocycles. The van der Waals surface area contributed by atoms with Gasteiger partial charge in [0.25, 0.3) is 0 Å². The van der Waals surface area contributed by atoms with Crippen LogP contribution in [0, 0.1) is 13.8 Å². The fourth-order valence-corrected chi connectivity index (χ4v) is 1.43. The van der Waals surface area contributed by atoms with E-state index in [1.54, 1.807) is 0 Å². The molecule has 72 valence electrons. The van der Waals surface area contributed by atoms with Gasteiger partial charge in [-0.15, -0.1) is 0 Å². The summed E-state index contributed by atoms with van der Waals surface area (Å²) in [6, 6.07) is 6.26. The second kappa shape index (κ2) is 4.26.